The van der Waals surface area contributed by atoms with Gasteiger partial charge in [0.15, 0.2) is 5.78 Å². The monoisotopic (exact) mass is 332 g/mol. The van der Waals surface area contributed by atoms with Crippen LogP contribution in [0.15, 0.2) is 6.33 Å². The van der Waals surface area contributed by atoms with Crippen molar-refractivity contribution < 1.29 is 9.59 Å². The van der Waals surface area contributed by atoms with Crippen molar-refractivity contribution in [3.8, 4) is 0 Å². The fraction of sp³-hybridized carbons (Fsp3) is 0.562. The Morgan fingerprint density at radius 1 is 1.29 bits per heavy atom. The minimum atomic E-state index is -0.254. The van der Waals surface area contributed by atoms with Gasteiger partial charge in [-0.1, -0.05) is 6.92 Å². The molecule has 130 valence electrons. The summed E-state index contributed by atoms with van der Waals surface area (Å²) in [7, 11) is 0. The van der Waals surface area contributed by atoms with Gasteiger partial charge in [-0.3, -0.25) is 14.3 Å². The van der Waals surface area contributed by atoms with E-state index in [9.17, 15) is 9.59 Å². The van der Waals surface area contributed by atoms with Gasteiger partial charge in [0.05, 0.1) is 17.3 Å². The third-order valence-corrected chi connectivity index (χ3v) is 3.87. The van der Waals surface area contributed by atoms with Gasteiger partial charge in [0.25, 0.3) is 0 Å². The molecule has 0 unspecified atom stereocenters. The number of amides is 1. The fourth-order valence-corrected chi connectivity index (χ4v) is 2.84. The van der Waals surface area contributed by atoms with Gasteiger partial charge in [-0.15, -0.1) is 0 Å². The second-order valence-corrected chi connectivity index (χ2v) is 5.89. The molecule has 0 saturated heterocycles. The number of aromatic nitrogens is 5. The highest BCUT2D eigenvalue weighted by atomic mass is 16.2. The van der Waals surface area contributed by atoms with E-state index in [2.05, 4.69) is 27.4 Å². The lowest BCUT2D eigenvalue weighted by Gasteiger charge is -2.14. The molecule has 0 aliphatic heterocycles. The molecule has 1 atom stereocenters. The standard InChI is InChI=1S/C16H24N6O2/c1-6-7-21-16(17-9-18-21)11(3)19-14(24)8-22-12(4)15(13(5)23)10(2)20-22/h9,11H,6-8H2,1-5H3,(H,19,24)/t11-/m1/s1. The van der Waals surface area contributed by atoms with Gasteiger partial charge in [0.2, 0.25) is 5.91 Å². The van der Waals surface area contributed by atoms with E-state index in [1.165, 1.54) is 13.3 Å². The molecule has 0 aliphatic rings. The van der Waals surface area contributed by atoms with Crippen LogP contribution in [0.5, 0.6) is 0 Å². The molecule has 1 amide bonds. The smallest absolute Gasteiger partial charge is 0.242 e. The Morgan fingerprint density at radius 3 is 2.58 bits per heavy atom. The van der Waals surface area contributed by atoms with E-state index in [0.29, 0.717) is 17.0 Å². The van der Waals surface area contributed by atoms with Crippen molar-refractivity contribution >= 4 is 11.7 Å². The average molecular weight is 332 g/mol. The molecule has 2 heterocycles. The second kappa shape index (κ2) is 7.37. The predicted molar refractivity (Wildman–Crippen MR) is 88.6 cm³/mol. The summed E-state index contributed by atoms with van der Waals surface area (Å²) in [4.78, 5) is 28.2. The van der Waals surface area contributed by atoms with E-state index in [1.54, 1.807) is 23.2 Å². The van der Waals surface area contributed by atoms with Crippen LogP contribution in [0.1, 0.15) is 60.8 Å². The highest BCUT2D eigenvalue weighted by Gasteiger charge is 2.19. The highest BCUT2D eigenvalue weighted by Crippen LogP contribution is 2.14. The van der Waals surface area contributed by atoms with Gasteiger partial charge in [0.1, 0.15) is 18.7 Å². The molecule has 0 bridgehead atoms. The maximum absolute atomic E-state index is 12.3. The Morgan fingerprint density at radius 2 is 2.00 bits per heavy atom. The summed E-state index contributed by atoms with van der Waals surface area (Å²) in [5, 5.41) is 11.4. The van der Waals surface area contributed by atoms with Crippen molar-refractivity contribution in [2.24, 2.45) is 0 Å². The molecule has 0 aromatic carbocycles. The number of nitrogens with one attached hydrogen (secondary N) is 1. The van der Waals surface area contributed by atoms with E-state index in [4.69, 9.17) is 0 Å². The Bertz CT molecular complexity index is 746. The maximum Gasteiger partial charge on any atom is 0.242 e. The minimum absolute atomic E-state index is 0.0438. The van der Waals surface area contributed by atoms with Gasteiger partial charge in [-0.05, 0) is 34.1 Å². The number of rotatable bonds is 7. The van der Waals surface area contributed by atoms with Crippen molar-refractivity contribution in [3.05, 3.63) is 29.1 Å². The minimum Gasteiger partial charge on any atom is -0.345 e. The third-order valence-electron chi connectivity index (χ3n) is 3.87. The Balaban J connectivity index is 2.07. The molecular formula is C16H24N6O2. The van der Waals surface area contributed by atoms with E-state index >= 15 is 0 Å². The summed E-state index contributed by atoms with van der Waals surface area (Å²) in [6.07, 6.45) is 2.43. The number of aryl methyl sites for hydroxylation is 2. The van der Waals surface area contributed by atoms with Crippen LogP contribution >= 0.6 is 0 Å². The van der Waals surface area contributed by atoms with Gasteiger partial charge in [-0.25, -0.2) is 9.67 Å². The molecule has 0 saturated carbocycles. The van der Waals surface area contributed by atoms with Crippen molar-refractivity contribution in [1.29, 1.82) is 0 Å². The summed E-state index contributed by atoms with van der Waals surface area (Å²) in [6, 6.07) is -0.254. The summed E-state index contributed by atoms with van der Waals surface area (Å²) < 4.78 is 3.35. The van der Waals surface area contributed by atoms with E-state index in [0.717, 1.165) is 18.8 Å². The predicted octanol–water partition coefficient (Wildman–Crippen LogP) is 1.58. The number of carbonyl (C=O) groups excluding carboxylic acids is 2. The third kappa shape index (κ3) is 3.69. The average Bonchev–Trinajstić information content (AvgIpc) is 3.04. The zero-order chi connectivity index (χ0) is 17.9. The van der Waals surface area contributed by atoms with Crippen molar-refractivity contribution in [3.63, 3.8) is 0 Å². The fourth-order valence-electron chi connectivity index (χ4n) is 2.84. The molecule has 0 spiro atoms. The van der Waals surface area contributed by atoms with Crippen LogP contribution in [0, 0.1) is 13.8 Å². The van der Waals surface area contributed by atoms with Crippen LogP contribution in [-0.2, 0) is 17.9 Å². The van der Waals surface area contributed by atoms with E-state index in [-0.39, 0.29) is 24.3 Å². The largest absolute Gasteiger partial charge is 0.345 e. The molecule has 24 heavy (non-hydrogen) atoms. The number of hydrogen-bond acceptors (Lipinski definition) is 5. The molecule has 0 fully saturated rings. The SMILES string of the molecule is CCCn1ncnc1[C@@H](C)NC(=O)Cn1nc(C)c(C(C)=O)c1C. The number of ketones is 1. The highest BCUT2D eigenvalue weighted by molar-refractivity contribution is 5.96. The quantitative estimate of drug-likeness (QED) is 0.777. The molecule has 1 N–H and O–H groups in total. The number of Topliss-reactive ketones (excluding diaryl/α,β-unsaturated/α-hetero) is 1. The lowest BCUT2D eigenvalue weighted by Crippen LogP contribution is -2.32. The van der Waals surface area contributed by atoms with E-state index < -0.39 is 0 Å². The first-order valence-electron chi connectivity index (χ1n) is 8.07. The molecule has 2 rings (SSSR count). The van der Waals surface area contributed by atoms with Crippen molar-refractivity contribution in [1.82, 2.24) is 29.9 Å². The Hall–Kier alpha value is -2.51. The summed E-state index contributed by atoms with van der Waals surface area (Å²) in [6.45, 7) is 9.82. The van der Waals surface area contributed by atoms with Crippen LogP contribution in [0.25, 0.3) is 0 Å². The number of carbonyl (C=O) groups is 2. The topological polar surface area (TPSA) is 94.7 Å². The zero-order valence-electron chi connectivity index (χ0n) is 14.8. The molecular weight excluding hydrogens is 308 g/mol. The summed E-state index contributed by atoms with van der Waals surface area (Å²) in [5.41, 5.74) is 1.93. The van der Waals surface area contributed by atoms with Crippen molar-refractivity contribution in [2.75, 3.05) is 0 Å². The van der Waals surface area contributed by atoms with Crippen molar-refractivity contribution in [2.45, 2.75) is 60.2 Å². The molecule has 8 heteroatoms. The first kappa shape index (κ1) is 17.8. The first-order chi connectivity index (χ1) is 11.3. The lowest BCUT2D eigenvalue weighted by atomic mass is 10.1. The summed E-state index contributed by atoms with van der Waals surface area (Å²) in [5.74, 6) is 0.495. The lowest BCUT2D eigenvalue weighted by molar-refractivity contribution is -0.122. The number of nitrogens with zero attached hydrogens (tertiary/aromatic N) is 5. The van der Waals surface area contributed by atoms with Crippen LogP contribution in [0.3, 0.4) is 0 Å². The zero-order valence-corrected chi connectivity index (χ0v) is 14.8. The molecule has 2 aromatic rings. The molecule has 2 aromatic heterocycles. The van der Waals surface area contributed by atoms with E-state index in [1.807, 2.05) is 6.92 Å². The van der Waals surface area contributed by atoms with Gasteiger partial charge < -0.3 is 5.32 Å². The van der Waals surface area contributed by atoms with Crippen LogP contribution in [-0.4, -0.2) is 36.2 Å². The van der Waals surface area contributed by atoms with Crippen LogP contribution in [0.2, 0.25) is 0 Å². The Kier molecular flexibility index (Phi) is 5.48. The van der Waals surface area contributed by atoms with Crippen LogP contribution in [0.4, 0.5) is 0 Å². The van der Waals surface area contributed by atoms with Gasteiger partial charge in [-0.2, -0.15) is 10.2 Å². The normalized spacial score (nSPS) is 12.2. The van der Waals surface area contributed by atoms with Gasteiger partial charge in [0, 0.05) is 12.2 Å². The first-order valence-corrected chi connectivity index (χ1v) is 8.07. The van der Waals surface area contributed by atoms with Gasteiger partial charge >= 0.3 is 0 Å². The molecule has 0 radical (unpaired) electrons. The molecule has 8 nitrogen and oxygen atoms in total. The maximum atomic E-state index is 12.3. The molecule has 0 aliphatic carbocycles. The second-order valence-electron chi connectivity index (χ2n) is 5.89. The summed E-state index contributed by atoms with van der Waals surface area (Å²) >= 11 is 0. The Labute approximate surface area is 141 Å². The van der Waals surface area contributed by atoms with Crippen LogP contribution < -0.4 is 5.32 Å². The number of hydrogen-bond donors (Lipinski definition) is 1.